The van der Waals surface area contributed by atoms with Crippen LogP contribution in [-0.2, 0) is 5.92 Å². The number of nitrogens with zero attached hydrogens (tertiary/aromatic N) is 2. The van der Waals surface area contributed by atoms with E-state index in [0.29, 0.717) is 0 Å². The van der Waals surface area contributed by atoms with Gasteiger partial charge in [0.25, 0.3) is 0 Å². The van der Waals surface area contributed by atoms with Gasteiger partial charge in [0.15, 0.2) is 5.82 Å². The molecule has 0 fully saturated rings. The summed E-state index contributed by atoms with van der Waals surface area (Å²) in [7, 11) is 0. The lowest BCUT2D eigenvalue weighted by Gasteiger charge is -2.11. The summed E-state index contributed by atoms with van der Waals surface area (Å²) < 4.78 is 50.2. The summed E-state index contributed by atoms with van der Waals surface area (Å²) >= 11 is 0. The number of halogens is 4. The second-order valence-electron chi connectivity index (χ2n) is 3.35. The molecule has 0 unspecified atom stereocenters. The van der Waals surface area contributed by atoms with Crippen LogP contribution in [-0.4, -0.2) is 16.4 Å². The van der Waals surface area contributed by atoms with Crippen LogP contribution in [0.1, 0.15) is 11.4 Å². The van der Waals surface area contributed by atoms with E-state index in [1.165, 1.54) is 18.2 Å². The van der Waals surface area contributed by atoms with Gasteiger partial charge in [-0.15, -0.1) is 0 Å². The summed E-state index contributed by atoms with van der Waals surface area (Å²) in [5.74, 6) is -5.43. The smallest absolute Gasteiger partial charge is 0.337 e. The molecule has 2 aromatic rings. The lowest BCUT2D eigenvalue weighted by Crippen LogP contribution is -2.25. The SMILES string of the molecule is N#Cc1ccc2nc(C(F)(F)C(F)F)[nH]c2c1. The zero-order chi connectivity index (χ0) is 12.6. The Morgan fingerprint density at radius 3 is 2.65 bits per heavy atom. The molecule has 3 nitrogen and oxygen atoms in total. The number of alkyl halides is 4. The van der Waals surface area contributed by atoms with E-state index >= 15 is 0 Å². The predicted molar refractivity (Wildman–Crippen MR) is 50.7 cm³/mol. The summed E-state index contributed by atoms with van der Waals surface area (Å²) in [6.07, 6.45) is -3.83. The van der Waals surface area contributed by atoms with Crippen LogP contribution in [0.15, 0.2) is 18.2 Å². The summed E-state index contributed by atoms with van der Waals surface area (Å²) in [5.41, 5.74) is 0.465. The zero-order valence-corrected chi connectivity index (χ0v) is 8.22. The fourth-order valence-electron chi connectivity index (χ4n) is 1.34. The first-order valence-electron chi connectivity index (χ1n) is 4.51. The first-order chi connectivity index (χ1) is 7.95. The van der Waals surface area contributed by atoms with Gasteiger partial charge in [-0.25, -0.2) is 13.8 Å². The Bertz CT molecular complexity index is 597. The van der Waals surface area contributed by atoms with E-state index in [4.69, 9.17) is 5.26 Å². The van der Waals surface area contributed by atoms with Gasteiger partial charge in [-0.1, -0.05) is 0 Å². The Morgan fingerprint density at radius 2 is 2.06 bits per heavy atom. The standard InChI is InChI=1S/C10H5F4N3/c11-8(12)10(13,14)9-16-6-2-1-5(4-15)3-7(6)17-9/h1-3,8H,(H,16,17). The molecule has 0 aliphatic heterocycles. The number of hydrogen-bond donors (Lipinski definition) is 1. The number of nitrogens with one attached hydrogen (secondary N) is 1. The van der Waals surface area contributed by atoms with Crippen LogP contribution >= 0.6 is 0 Å². The summed E-state index contributed by atoms with van der Waals surface area (Å²) in [6, 6.07) is 5.76. The molecule has 0 amide bonds. The molecule has 1 heterocycles. The van der Waals surface area contributed by atoms with E-state index in [-0.39, 0.29) is 16.6 Å². The Morgan fingerprint density at radius 1 is 1.35 bits per heavy atom. The number of imidazole rings is 1. The van der Waals surface area contributed by atoms with Crippen LogP contribution in [0.2, 0.25) is 0 Å². The highest BCUT2D eigenvalue weighted by atomic mass is 19.3. The van der Waals surface area contributed by atoms with E-state index in [0.717, 1.165) is 0 Å². The average molecular weight is 243 g/mol. The summed E-state index contributed by atoms with van der Waals surface area (Å²) in [5, 5.41) is 8.60. The number of rotatable bonds is 2. The molecule has 0 saturated heterocycles. The van der Waals surface area contributed by atoms with Gasteiger partial charge < -0.3 is 4.98 Å². The Kier molecular flexibility index (Phi) is 2.50. The zero-order valence-electron chi connectivity index (χ0n) is 8.22. The minimum absolute atomic E-state index is 0.110. The highest BCUT2D eigenvalue weighted by Crippen LogP contribution is 2.33. The summed E-state index contributed by atoms with van der Waals surface area (Å²) in [4.78, 5) is 5.49. The molecular formula is C10H5F4N3. The van der Waals surface area contributed by atoms with Crippen molar-refractivity contribution in [2.45, 2.75) is 12.3 Å². The molecule has 0 spiro atoms. The van der Waals surface area contributed by atoms with E-state index in [1.807, 2.05) is 0 Å². The van der Waals surface area contributed by atoms with Crippen LogP contribution in [0.5, 0.6) is 0 Å². The van der Waals surface area contributed by atoms with Gasteiger partial charge in [0.05, 0.1) is 22.7 Å². The van der Waals surface area contributed by atoms with Gasteiger partial charge in [-0.05, 0) is 18.2 Å². The van der Waals surface area contributed by atoms with Gasteiger partial charge in [0.1, 0.15) is 0 Å². The van der Waals surface area contributed by atoms with Crippen LogP contribution in [0.3, 0.4) is 0 Å². The van der Waals surface area contributed by atoms with Crippen LogP contribution in [0.4, 0.5) is 17.6 Å². The van der Waals surface area contributed by atoms with Crippen molar-refractivity contribution in [3.8, 4) is 6.07 Å². The van der Waals surface area contributed by atoms with Crippen molar-refractivity contribution in [2.75, 3.05) is 0 Å². The highest BCUT2D eigenvalue weighted by Gasteiger charge is 2.45. The largest absolute Gasteiger partial charge is 0.363 e. The number of H-pyrrole nitrogens is 1. The maximum atomic E-state index is 13.0. The minimum atomic E-state index is -4.33. The summed E-state index contributed by atoms with van der Waals surface area (Å²) in [6.45, 7) is 0. The van der Waals surface area contributed by atoms with Crippen molar-refractivity contribution in [3.05, 3.63) is 29.6 Å². The lowest BCUT2D eigenvalue weighted by atomic mass is 10.2. The second kappa shape index (κ2) is 3.73. The lowest BCUT2D eigenvalue weighted by molar-refractivity contribution is -0.140. The third-order valence-electron chi connectivity index (χ3n) is 2.20. The maximum absolute atomic E-state index is 13.0. The Labute approximate surface area is 92.7 Å². The third kappa shape index (κ3) is 1.82. The number of fused-ring (bicyclic) bond motifs is 1. The molecule has 88 valence electrons. The van der Waals surface area contributed by atoms with Crippen LogP contribution in [0, 0.1) is 11.3 Å². The van der Waals surface area contributed by atoms with Gasteiger partial charge in [-0.3, -0.25) is 0 Å². The molecule has 1 N–H and O–H groups in total. The van der Waals surface area contributed by atoms with Crippen molar-refractivity contribution in [3.63, 3.8) is 0 Å². The normalized spacial score (nSPS) is 12.0. The van der Waals surface area contributed by atoms with Crippen molar-refractivity contribution < 1.29 is 17.6 Å². The molecule has 1 aromatic carbocycles. The molecule has 0 saturated carbocycles. The van der Waals surface area contributed by atoms with Crippen molar-refractivity contribution in [1.82, 2.24) is 9.97 Å². The number of aromatic nitrogens is 2. The fourth-order valence-corrected chi connectivity index (χ4v) is 1.34. The predicted octanol–water partition coefficient (Wildman–Crippen LogP) is 2.79. The highest BCUT2D eigenvalue weighted by molar-refractivity contribution is 5.76. The van der Waals surface area contributed by atoms with Gasteiger partial charge in [-0.2, -0.15) is 14.0 Å². The number of nitriles is 1. The molecule has 0 aliphatic rings. The molecule has 17 heavy (non-hydrogen) atoms. The average Bonchev–Trinajstić information content (AvgIpc) is 2.71. The quantitative estimate of drug-likeness (QED) is 0.824. The van der Waals surface area contributed by atoms with E-state index in [9.17, 15) is 17.6 Å². The van der Waals surface area contributed by atoms with Gasteiger partial charge >= 0.3 is 12.3 Å². The number of aromatic amines is 1. The van der Waals surface area contributed by atoms with Crippen molar-refractivity contribution in [2.24, 2.45) is 0 Å². The van der Waals surface area contributed by atoms with E-state index in [1.54, 1.807) is 6.07 Å². The Balaban J connectivity index is 2.56. The third-order valence-corrected chi connectivity index (χ3v) is 2.20. The molecule has 2 rings (SSSR count). The van der Waals surface area contributed by atoms with E-state index < -0.39 is 18.2 Å². The van der Waals surface area contributed by atoms with Gasteiger partial charge in [0, 0.05) is 0 Å². The topological polar surface area (TPSA) is 52.5 Å². The maximum Gasteiger partial charge on any atom is 0.363 e. The van der Waals surface area contributed by atoms with Crippen molar-refractivity contribution in [1.29, 1.82) is 5.26 Å². The molecular weight excluding hydrogens is 238 g/mol. The van der Waals surface area contributed by atoms with E-state index in [2.05, 4.69) is 9.97 Å². The molecule has 1 aromatic heterocycles. The molecule has 0 atom stereocenters. The van der Waals surface area contributed by atoms with Crippen LogP contribution in [0.25, 0.3) is 11.0 Å². The molecule has 0 radical (unpaired) electrons. The van der Waals surface area contributed by atoms with Crippen molar-refractivity contribution >= 4 is 11.0 Å². The first kappa shape index (κ1) is 11.4. The second-order valence-corrected chi connectivity index (χ2v) is 3.35. The fraction of sp³-hybridized carbons (Fsp3) is 0.200. The Hall–Kier alpha value is -2.10. The molecule has 0 aliphatic carbocycles. The monoisotopic (exact) mass is 243 g/mol. The van der Waals surface area contributed by atoms with Crippen LogP contribution < -0.4 is 0 Å². The minimum Gasteiger partial charge on any atom is -0.337 e. The first-order valence-corrected chi connectivity index (χ1v) is 4.51. The molecule has 7 heteroatoms. The van der Waals surface area contributed by atoms with Gasteiger partial charge in [0.2, 0.25) is 0 Å². The number of benzene rings is 1. The molecule has 0 bridgehead atoms. The number of hydrogen-bond acceptors (Lipinski definition) is 2.